The second-order valence-electron chi connectivity index (χ2n) is 5.57. The lowest BCUT2D eigenvalue weighted by Gasteiger charge is -2.20. The second-order valence-corrected chi connectivity index (χ2v) is 5.57. The van der Waals surface area contributed by atoms with Gasteiger partial charge in [-0.3, -0.25) is 9.36 Å². The first-order valence-electron chi connectivity index (χ1n) is 7.44. The summed E-state index contributed by atoms with van der Waals surface area (Å²) < 4.78 is 3.80. The quantitative estimate of drug-likeness (QED) is 0.787. The molecule has 0 saturated heterocycles. The summed E-state index contributed by atoms with van der Waals surface area (Å²) in [6, 6.07) is 0. The van der Waals surface area contributed by atoms with Crippen LogP contribution in [0, 0.1) is 6.92 Å². The predicted octanol–water partition coefficient (Wildman–Crippen LogP) is 1.60. The number of aryl methyl sites for hydroxylation is 3. The molecule has 6 heteroatoms. The van der Waals surface area contributed by atoms with E-state index in [0.717, 1.165) is 31.7 Å². The highest BCUT2D eigenvalue weighted by atomic mass is 15.4. The number of nitrogens with one attached hydrogen (secondary N) is 1. The molecule has 0 amide bonds. The van der Waals surface area contributed by atoms with Crippen molar-refractivity contribution in [2.45, 2.75) is 33.4 Å². The van der Waals surface area contributed by atoms with Crippen molar-refractivity contribution in [1.29, 1.82) is 0 Å². The fraction of sp³-hybridized carbons (Fsp3) is 0.600. The molecule has 116 valence electrons. The summed E-state index contributed by atoms with van der Waals surface area (Å²) in [7, 11) is 6.05. The third-order valence-corrected chi connectivity index (χ3v) is 3.58. The van der Waals surface area contributed by atoms with Crippen molar-refractivity contribution in [2.24, 2.45) is 14.1 Å². The van der Waals surface area contributed by atoms with Gasteiger partial charge in [0, 0.05) is 51.6 Å². The molecule has 2 aromatic heterocycles. The van der Waals surface area contributed by atoms with Crippen molar-refractivity contribution < 1.29 is 0 Å². The lowest BCUT2D eigenvalue weighted by Crippen LogP contribution is -2.22. The van der Waals surface area contributed by atoms with Gasteiger partial charge in [-0.25, -0.2) is 0 Å². The highest BCUT2D eigenvalue weighted by molar-refractivity contribution is 5.49. The van der Waals surface area contributed by atoms with Crippen LogP contribution in [0.1, 0.15) is 30.2 Å². The molecule has 0 aromatic carbocycles. The zero-order chi connectivity index (χ0) is 15.4. The fourth-order valence-electron chi connectivity index (χ4n) is 2.67. The topological polar surface area (TPSA) is 50.9 Å². The van der Waals surface area contributed by atoms with Crippen LogP contribution in [-0.2, 0) is 27.2 Å². The second kappa shape index (κ2) is 6.76. The molecule has 0 aliphatic carbocycles. The molecular formula is C15H26N6. The first kappa shape index (κ1) is 15.6. The summed E-state index contributed by atoms with van der Waals surface area (Å²) in [4.78, 5) is 2.24. The molecule has 1 N–H and O–H groups in total. The number of nitrogens with zero attached hydrogens (tertiary/aromatic N) is 5. The number of hydrogen-bond donors (Lipinski definition) is 1. The maximum Gasteiger partial charge on any atom is 0.131 e. The number of rotatable bonds is 7. The van der Waals surface area contributed by atoms with E-state index in [9.17, 15) is 0 Å². The van der Waals surface area contributed by atoms with Crippen molar-refractivity contribution in [3.8, 4) is 0 Å². The molecule has 0 unspecified atom stereocenters. The van der Waals surface area contributed by atoms with Crippen molar-refractivity contribution in [3.05, 3.63) is 29.2 Å². The van der Waals surface area contributed by atoms with E-state index in [1.807, 2.05) is 29.7 Å². The van der Waals surface area contributed by atoms with E-state index in [2.05, 4.69) is 47.5 Å². The summed E-state index contributed by atoms with van der Waals surface area (Å²) in [5.74, 6) is 1.17. The van der Waals surface area contributed by atoms with Crippen LogP contribution in [-0.4, -0.2) is 33.2 Å². The molecular weight excluding hydrogens is 264 g/mol. The molecule has 21 heavy (non-hydrogen) atoms. The van der Waals surface area contributed by atoms with E-state index in [1.54, 1.807) is 0 Å². The first-order chi connectivity index (χ1) is 10.0. The van der Waals surface area contributed by atoms with Crippen LogP contribution in [0.15, 0.2) is 12.4 Å². The van der Waals surface area contributed by atoms with E-state index in [1.165, 1.54) is 16.9 Å². The molecule has 0 fully saturated rings. The van der Waals surface area contributed by atoms with Crippen molar-refractivity contribution >= 4 is 5.82 Å². The Hall–Kier alpha value is -1.82. The van der Waals surface area contributed by atoms with E-state index < -0.39 is 0 Å². The molecule has 0 radical (unpaired) electrons. The maximum atomic E-state index is 4.57. The van der Waals surface area contributed by atoms with Gasteiger partial charge in [0.1, 0.15) is 5.82 Å². The van der Waals surface area contributed by atoms with Gasteiger partial charge in [-0.1, -0.05) is 6.92 Å². The molecule has 0 saturated carbocycles. The normalized spacial score (nSPS) is 11.1. The third-order valence-electron chi connectivity index (χ3n) is 3.58. The molecule has 2 rings (SSSR count). The van der Waals surface area contributed by atoms with Gasteiger partial charge in [0.25, 0.3) is 0 Å². The zero-order valence-electron chi connectivity index (χ0n) is 13.7. The third kappa shape index (κ3) is 3.64. The molecule has 0 aliphatic rings. The Morgan fingerprint density at radius 1 is 1.33 bits per heavy atom. The first-order valence-corrected chi connectivity index (χ1v) is 7.44. The van der Waals surface area contributed by atoms with Gasteiger partial charge in [0.05, 0.1) is 11.9 Å². The van der Waals surface area contributed by atoms with Gasteiger partial charge >= 0.3 is 0 Å². The summed E-state index contributed by atoms with van der Waals surface area (Å²) in [6.07, 6.45) is 5.10. The Morgan fingerprint density at radius 2 is 2.10 bits per heavy atom. The Morgan fingerprint density at radius 3 is 2.71 bits per heavy atom. The van der Waals surface area contributed by atoms with Gasteiger partial charge < -0.3 is 10.2 Å². The minimum Gasteiger partial charge on any atom is -0.355 e. The van der Waals surface area contributed by atoms with Gasteiger partial charge in [0.2, 0.25) is 0 Å². The van der Waals surface area contributed by atoms with Crippen LogP contribution in [0.4, 0.5) is 5.82 Å². The highest BCUT2D eigenvalue weighted by Gasteiger charge is 2.17. The van der Waals surface area contributed by atoms with E-state index >= 15 is 0 Å². The zero-order valence-corrected chi connectivity index (χ0v) is 13.7. The smallest absolute Gasteiger partial charge is 0.131 e. The summed E-state index contributed by atoms with van der Waals surface area (Å²) in [5, 5.41) is 12.3. The lowest BCUT2D eigenvalue weighted by molar-refractivity contribution is 0.669. The van der Waals surface area contributed by atoms with Crippen molar-refractivity contribution in [2.75, 3.05) is 18.5 Å². The Kier molecular flexibility index (Phi) is 5.01. The number of aromatic nitrogens is 4. The van der Waals surface area contributed by atoms with E-state index in [0.29, 0.717) is 0 Å². The summed E-state index contributed by atoms with van der Waals surface area (Å²) >= 11 is 0. The Balaban J connectivity index is 2.16. The summed E-state index contributed by atoms with van der Waals surface area (Å²) in [5.41, 5.74) is 3.57. The van der Waals surface area contributed by atoms with Gasteiger partial charge in [-0.2, -0.15) is 10.2 Å². The lowest BCUT2D eigenvalue weighted by atomic mass is 10.2. The average Bonchev–Trinajstić information content (AvgIpc) is 2.94. The maximum absolute atomic E-state index is 4.57. The van der Waals surface area contributed by atoms with Gasteiger partial charge in [0.15, 0.2) is 0 Å². The van der Waals surface area contributed by atoms with Crippen molar-refractivity contribution in [1.82, 2.24) is 24.9 Å². The van der Waals surface area contributed by atoms with Gasteiger partial charge in [-0.05, 0) is 19.9 Å². The predicted molar refractivity (Wildman–Crippen MR) is 85.3 cm³/mol. The fourth-order valence-corrected chi connectivity index (χ4v) is 2.67. The molecule has 0 aliphatic heterocycles. The molecule has 0 spiro atoms. The van der Waals surface area contributed by atoms with Crippen LogP contribution in [0.3, 0.4) is 0 Å². The molecule has 0 atom stereocenters. The minimum atomic E-state index is 0.827. The number of anilines is 1. The largest absolute Gasteiger partial charge is 0.355 e. The van der Waals surface area contributed by atoms with Crippen LogP contribution in [0.25, 0.3) is 0 Å². The standard InChI is InChI=1S/C15H26N6/c1-6-7-16-9-14-12(2)18-21(5)15(14)19(3)10-13-8-17-20(4)11-13/h8,11,16H,6-7,9-10H2,1-5H3. The van der Waals surface area contributed by atoms with E-state index in [4.69, 9.17) is 0 Å². The molecule has 0 bridgehead atoms. The average molecular weight is 290 g/mol. The monoisotopic (exact) mass is 290 g/mol. The highest BCUT2D eigenvalue weighted by Crippen LogP contribution is 2.23. The molecule has 2 heterocycles. The van der Waals surface area contributed by atoms with Crippen LogP contribution in [0.5, 0.6) is 0 Å². The van der Waals surface area contributed by atoms with Crippen LogP contribution >= 0.6 is 0 Å². The Bertz CT molecular complexity index is 583. The minimum absolute atomic E-state index is 0.827. The Labute approximate surface area is 126 Å². The summed E-state index contributed by atoms with van der Waals surface area (Å²) in [6.45, 7) is 6.97. The molecule has 6 nitrogen and oxygen atoms in total. The SMILES string of the molecule is CCCNCc1c(C)nn(C)c1N(C)Cc1cnn(C)c1. The van der Waals surface area contributed by atoms with E-state index in [-0.39, 0.29) is 0 Å². The molecule has 2 aromatic rings. The van der Waals surface area contributed by atoms with Gasteiger partial charge in [-0.15, -0.1) is 0 Å². The van der Waals surface area contributed by atoms with Crippen LogP contribution in [0.2, 0.25) is 0 Å². The van der Waals surface area contributed by atoms with Crippen LogP contribution < -0.4 is 10.2 Å². The van der Waals surface area contributed by atoms with Crippen molar-refractivity contribution in [3.63, 3.8) is 0 Å². The number of hydrogen-bond acceptors (Lipinski definition) is 4.